The first kappa shape index (κ1) is 20.3. The number of halogens is 1. The molecule has 2 N–H and O–H groups in total. The van der Waals surface area contributed by atoms with E-state index in [1.54, 1.807) is 25.3 Å². The van der Waals surface area contributed by atoms with Crippen LogP contribution in [-0.2, 0) is 4.74 Å². The van der Waals surface area contributed by atoms with Gasteiger partial charge in [-0.15, -0.1) is 0 Å². The van der Waals surface area contributed by atoms with Crippen LogP contribution in [0.1, 0.15) is 40.4 Å². The minimum atomic E-state index is -0.623. The molecule has 4 heterocycles. The molecule has 0 saturated carbocycles. The van der Waals surface area contributed by atoms with Crippen LogP contribution in [0.15, 0.2) is 48.8 Å². The zero-order chi connectivity index (χ0) is 22.2. The largest absolute Gasteiger partial charge is 0.381 e. The molecular formula is C24H22FN5O2. The van der Waals surface area contributed by atoms with E-state index in [4.69, 9.17) is 15.5 Å². The Hall–Kier alpha value is -3.65. The van der Waals surface area contributed by atoms with Gasteiger partial charge in [0.05, 0.1) is 11.2 Å². The van der Waals surface area contributed by atoms with Gasteiger partial charge in [0, 0.05) is 31.0 Å². The van der Waals surface area contributed by atoms with E-state index in [9.17, 15) is 9.18 Å². The van der Waals surface area contributed by atoms with Crippen LogP contribution in [0, 0.1) is 12.7 Å². The highest BCUT2D eigenvalue weighted by Gasteiger charge is 2.25. The van der Waals surface area contributed by atoms with Crippen LogP contribution in [0.2, 0.25) is 0 Å². The summed E-state index contributed by atoms with van der Waals surface area (Å²) in [6.45, 7) is 3.05. The summed E-state index contributed by atoms with van der Waals surface area (Å²) in [5, 5.41) is 0.794. The Labute approximate surface area is 184 Å². The number of nitrogens with two attached hydrogens (primary N) is 1. The summed E-state index contributed by atoms with van der Waals surface area (Å²) in [5.41, 5.74) is 8.76. The van der Waals surface area contributed by atoms with Gasteiger partial charge in [0.2, 0.25) is 0 Å². The van der Waals surface area contributed by atoms with Crippen molar-refractivity contribution in [3.05, 3.63) is 71.4 Å². The van der Waals surface area contributed by atoms with E-state index in [1.165, 1.54) is 12.1 Å². The molecule has 3 aromatic heterocycles. The maximum atomic E-state index is 14.2. The van der Waals surface area contributed by atoms with Gasteiger partial charge in [-0.05, 0) is 61.6 Å². The van der Waals surface area contributed by atoms with Gasteiger partial charge in [0.25, 0.3) is 5.91 Å². The van der Waals surface area contributed by atoms with Crippen molar-refractivity contribution in [2.45, 2.75) is 25.7 Å². The number of aryl methyl sites for hydroxylation is 1. The standard InChI is InChI=1S/C24H22FN5O2/c1-14-21(22(26)31)24(29-23(28-14)19-4-2-3-9-27-19)30-13-18(15-7-10-32-11-8-15)17-12-16(25)5-6-20(17)30/h2-6,9,12-13,15H,7-8,10-11H2,1H3,(H2,26,31). The van der Waals surface area contributed by atoms with Gasteiger partial charge in [-0.25, -0.2) is 14.4 Å². The maximum absolute atomic E-state index is 14.2. The van der Waals surface area contributed by atoms with Crippen molar-refractivity contribution in [1.82, 2.24) is 19.5 Å². The van der Waals surface area contributed by atoms with Gasteiger partial charge in [-0.2, -0.15) is 0 Å². The molecule has 8 heteroatoms. The first-order valence-corrected chi connectivity index (χ1v) is 10.5. The predicted molar refractivity (Wildman–Crippen MR) is 118 cm³/mol. The van der Waals surface area contributed by atoms with Gasteiger partial charge >= 0.3 is 0 Å². The Bertz CT molecular complexity index is 1310. The zero-order valence-electron chi connectivity index (χ0n) is 17.6. The number of hydrogen-bond acceptors (Lipinski definition) is 5. The average Bonchev–Trinajstić information content (AvgIpc) is 3.18. The first-order valence-electron chi connectivity index (χ1n) is 10.5. The lowest BCUT2D eigenvalue weighted by molar-refractivity contribution is 0.0856. The van der Waals surface area contributed by atoms with Crippen LogP contribution in [0.3, 0.4) is 0 Å². The highest BCUT2D eigenvalue weighted by atomic mass is 19.1. The minimum absolute atomic E-state index is 0.226. The van der Waals surface area contributed by atoms with Gasteiger partial charge in [0.1, 0.15) is 17.1 Å². The Kier molecular flexibility index (Phi) is 5.14. The molecule has 1 amide bonds. The fourth-order valence-electron chi connectivity index (χ4n) is 4.37. The molecule has 7 nitrogen and oxygen atoms in total. The summed E-state index contributed by atoms with van der Waals surface area (Å²) in [7, 11) is 0. The maximum Gasteiger partial charge on any atom is 0.254 e. The molecule has 162 valence electrons. The van der Waals surface area contributed by atoms with Crippen molar-refractivity contribution in [3.8, 4) is 17.3 Å². The highest BCUT2D eigenvalue weighted by Crippen LogP contribution is 2.36. The second-order valence-electron chi connectivity index (χ2n) is 7.91. The molecule has 0 unspecified atom stereocenters. The molecule has 0 aliphatic carbocycles. The van der Waals surface area contributed by atoms with Crippen molar-refractivity contribution in [2.75, 3.05) is 13.2 Å². The van der Waals surface area contributed by atoms with Gasteiger partial charge in [-0.3, -0.25) is 9.78 Å². The number of carbonyl (C=O) groups excluding carboxylic acids is 1. The Morgan fingerprint density at radius 2 is 2.00 bits per heavy atom. The third-order valence-corrected chi connectivity index (χ3v) is 5.90. The van der Waals surface area contributed by atoms with E-state index in [-0.39, 0.29) is 17.3 Å². The molecule has 0 spiro atoms. The van der Waals surface area contributed by atoms with Gasteiger partial charge in [-0.1, -0.05) is 6.07 Å². The quantitative estimate of drug-likeness (QED) is 0.528. The molecule has 0 radical (unpaired) electrons. The molecule has 0 bridgehead atoms. The van der Waals surface area contributed by atoms with E-state index < -0.39 is 5.91 Å². The van der Waals surface area contributed by atoms with Crippen LogP contribution in [0.4, 0.5) is 4.39 Å². The molecule has 1 saturated heterocycles. The molecule has 32 heavy (non-hydrogen) atoms. The number of ether oxygens (including phenoxy) is 1. The number of amides is 1. The number of carbonyl (C=O) groups is 1. The number of hydrogen-bond donors (Lipinski definition) is 1. The molecule has 1 aromatic carbocycles. The topological polar surface area (TPSA) is 95.9 Å². The van der Waals surface area contributed by atoms with Crippen molar-refractivity contribution >= 4 is 16.8 Å². The van der Waals surface area contributed by atoms with Crippen molar-refractivity contribution in [3.63, 3.8) is 0 Å². The van der Waals surface area contributed by atoms with Crippen LogP contribution >= 0.6 is 0 Å². The summed E-state index contributed by atoms with van der Waals surface area (Å²) in [6, 6.07) is 10.1. The second kappa shape index (κ2) is 8.12. The summed E-state index contributed by atoms with van der Waals surface area (Å²) < 4.78 is 21.5. The monoisotopic (exact) mass is 431 g/mol. The van der Waals surface area contributed by atoms with E-state index in [2.05, 4.69) is 9.97 Å². The smallest absolute Gasteiger partial charge is 0.254 e. The van der Waals surface area contributed by atoms with E-state index >= 15 is 0 Å². The van der Waals surface area contributed by atoms with Gasteiger partial charge in [0.15, 0.2) is 11.6 Å². The number of fused-ring (bicyclic) bond motifs is 1. The average molecular weight is 431 g/mol. The number of pyridine rings is 1. The lowest BCUT2D eigenvalue weighted by Gasteiger charge is -2.21. The summed E-state index contributed by atoms with van der Waals surface area (Å²) in [5.74, 6) is 0.0400. The first-order chi connectivity index (χ1) is 15.5. The number of nitrogens with zero attached hydrogens (tertiary/aromatic N) is 4. The Balaban J connectivity index is 1.78. The predicted octanol–water partition coefficient (Wildman–Crippen LogP) is 3.92. The van der Waals surface area contributed by atoms with Crippen molar-refractivity contribution < 1.29 is 13.9 Å². The summed E-state index contributed by atoms with van der Waals surface area (Å²) in [4.78, 5) is 25.9. The lowest BCUT2D eigenvalue weighted by atomic mass is 9.91. The van der Waals surface area contributed by atoms with Crippen LogP contribution in [-0.4, -0.2) is 38.6 Å². The molecule has 1 aliphatic rings. The van der Waals surface area contributed by atoms with E-state index in [0.717, 1.165) is 29.3 Å². The molecule has 1 aliphatic heterocycles. The SMILES string of the molecule is Cc1nc(-c2ccccn2)nc(-n2cc(C3CCOCC3)c3cc(F)ccc32)c1C(N)=O. The van der Waals surface area contributed by atoms with Crippen molar-refractivity contribution in [2.24, 2.45) is 5.73 Å². The fourth-order valence-corrected chi connectivity index (χ4v) is 4.37. The highest BCUT2D eigenvalue weighted by molar-refractivity contribution is 5.98. The van der Waals surface area contributed by atoms with Gasteiger partial charge < -0.3 is 15.0 Å². The molecule has 4 aromatic rings. The van der Waals surface area contributed by atoms with E-state index in [1.807, 2.05) is 22.9 Å². The molecule has 0 atom stereocenters. The zero-order valence-corrected chi connectivity index (χ0v) is 17.6. The Morgan fingerprint density at radius 1 is 1.19 bits per heavy atom. The number of primary amides is 1. The van der Waals surface area contributed by atoms with E-state index in [0.29, 0.717) is 36.2 Å². The third-order valence-electron chi connectivity index (χ3n) is 5.90. The molecule has 1 fully saturated rings. The number of benzene rings is 1. The third kappa shape index (κ3) is 3.52. The normalized spacial score (nSPS) is 14.7. The number of aromatic nitrogens is 4. The van der Waals surface area contributed by atoms with Crippen LogP contribution in [0.25, 0.3) is 28.2 Å². The van der Waals surface area contributed by atoms with Crippen LogP contribution < -0.4 is 5.73 Å². The van der Waals surface area contributed by atoms with Crippen LogP contribution in [0.5, 0.6) is 0 Å². The number of rotatable bonds is 4. The lowest BCUT2D eigenvalue weighted by Crippen LogP contribution is -2.19. The Morgan fingerprint density at radius 3 is 2.72 bits per heavy atom. The van der Waals surface area contributed by atoms with Crippen molar-refractivity contribution in [1.29, 1.82) is 0 Å². The second-order valence-corrected chi connectivity index (χ2v) is 7.91. The summed E-state index contributed by atoms with van der Waals surface area (Å²) in [6.07, 6.45) is 5.30. The summed E-state index contributed by atoms with van der Waals surface area (Å²) >= 11 is 0. The molecular weight excluding hydrogens is 409 g/mol. The molecule has 5 rings (SSSR count). The minimum Gasteiger partial charge on any atom is -0.381 e. The fraction of sp³-hybridized carbons (Fsp3) is 0.250.